The molecule has 0 spiro atoms. The number of hydrogen-bond donors (Lipinski definition) is 1. The van der Waals surface area contributed by atoms with E-state index in [4.69, 9.17) is 4.74 Å². The fourth-order valence-corrected chi connectivity index (χ4v) is 2.13. The molecular weight excluding hydrogens is 277 g/mol. The molecule has 1 atom stereocenters. The maximum atomic E-state index is 12.3. The minimum atomic E-state index is -4.88. The number of rotatable bonds is 5. The van der Waals surface area contributed by atoms with Crippen LogP contribution in [-0.4, -0.2) is 56.2 Å². The van der Waals surface area contributed by atoms with Gasteiger partial charge in [-0.15, -0.1) is 0 Å². The summed E-state index contributed by atoms with van der Waals surface area (Å²) in [5.74, 6) is -2.74. The Balaban J connectivity index is 2.44. The third kappa shape index (κ3) is 4.99. The van der Waals surface area contributed by atoms with Gasteiger partial charge in [0.2, 0.25) is 5.91 Å². The highest BCUT2D eigenvalue weighted by atomic mass is 19.4. The summed E-state index contributed by atoms with van der Waals surface area (Å²) in [7, 11) is 1.55. The Morgan fingerprint density at radius 3 is 2.70 bits per heavy atom. The second-order valence-electron chi connectivity index (χ2n) is 4.73. The van der Waals surface area contributed by atoms with Gasteiger partial charge < -0.3 is 15.0 Å². The number of ether oxygens (including phenoxy) is 1. The number of carbonyl (C=O) groups is 2. The lowest BCUT2D eigenvalue weighted by atomic mass is 9.97. The first-order valence-corrected chi connectivity index (χ1v) is 6.49. The molecule has 1 heterocycles. The normalized spacial score (nSPS) is 19.8. The summed E-state index contributed by atoms with van der Waals surface area (Å²) in [4.78, 5) is 23.7. The van der Waals surface area contributed by atoms with E-state index < -0.39 is 18.0 Å². The van der Waals surface area contributed by atoms with Crippen LogP contribution in [-0.2, 0) is 14.3 Å². The molecule has 1 saturated heterocycles. The first-order valence-electron chi connectivity index (χ1n) is 6.49. The van der Waals surface area contributed by atoms with Crippen molar-refractivity contribution in [3.8, 4) is 0 Å². The van der Waals surface area contributed by atoms with Gasteiger partial charge in [-0.2, -0.15) is 13.2 Å². The Kier molecular flexibility index (Phi) is 6.25. The standard InChI is InChI=1S/C12H19F3N2O3/c1-20-7-3-5-16-10(18)9-4-2-6-17(8-9)11(19)12(13,14)15/h9H,2-8H2,1H3,(H,16,18). The summed E-state index contributed by atoms with van der Waals surface area (Å²) in [6, 6.07) is 0. The van der Waals surface area contributed by atoms with Crippen molar-refractivity contribution >= 4 is 11.8 Å². The molecule has 8 heteroatoms. The number of nitrogens with zero attached hydrogens (tertiary/aromatic N) is 1. The molecule has 5 nitrogen and oxygen atoms in total. The molecule has 0 saturated carbocycles. The molecule has 0 aliphatic carbocycles. The Hall–Kier alpha value is -1.31. The lowest BCUT2D eigenvalue weighted by molar-refractivity contribution is -0.187. The van der Waals surface area contributed by atoms with E-state index in [1.54, 1.807) is 7.11 Å². The minimum Gasteiger partial charge on any atom is -0.385 e. The van der Waals surface area contributed by atoms with Crippen molar-refractivity contribution in [3.05, 3.63) is 0 Å². The lowest BCUT2D eigenvalue weighted by Crippen LogP contribution is -2.49. The van der Waals surface area contributed by atoms with Gasteiger partial charge >= 0.3 is 12.1 Å². The molecule has 0 aromatic heterocycles. The summed E-state index contributed by atoms with van der Waals surface area (Å²) >= 11 is 0. The third-order valence-electron chi connectivity index (χ3n) is 3.15. The van der Waals surface area contributed by atoms with E-state index >= 15 is 0 Å². The van der Waals surface area contributed by atoms with Gasteiger partial charge in [0.25, 0.3) is 0 Å². The summed E-state index contributed by atoms with van der Waals surface area (Å²) in [5.41, 5.74) is 0. The number of carbonyl (C=O) groups excluding carboxylic acids is 2. The number of hydrogen-bond acceptors (Lipinski definition) is 3. The highest BCUT2D eigenvalue weighted by Gasteiger charge is 2.44. The van der Waals surface area contributed by atoms with Gasteiger partial charge in [0.15, 0.2) is 0 Å². The van der Waals surface area contributed by atoms with E-state index in [9.17, 15) is 22.8 Å². The smallest absolute Gasteiger partial charge is 0.385 e. The molecule has 1 N–H and O–H groups in total. The summed E-state index contributed by atoms with van der Waals surface area (Å²) in [6.45, 7) is 0.792. The average molecular weight is 296 g/mol. The van der Waals surface area contributed by atoms with Crippen molar-refractivity contribution < 1.29 is 27.5 Å². The first kappa shape index (κ1) is 16.7. The third-order valence-corrected chi connectivity index (χ3v) is 3.15. The molecule has 1 unspecified atom stereocenters. The molecule has 0 bridgehead atoms. The van der Waals surface area contributed by atoms with Gasteiger partial charge in [-0.3, -0.25) is 9.59 Å². The lowest BCUT2D eigenvalue weighted by Gasteiger charge is -2.32. The Labute approximate surface area is 115 Å². The Morgan fingerprint density at radius 2 is 2.10 bits per heavy atom. The highest BCUT2D eigenvalue weighted by Crippen LogP contribution is 2.23. The largest absolute Gasteiger partial charge is 0.471 e. The Morgan fingerprint density at radius 1 is 1.40 bits per heavy atom. The van der Waals surface area contributed by atoms with Crippen molar-refractivity contribution in [2.45, 2.75) is 25.4 Å². The summed E-state index contributed by atoms with van der Waals surface area (Å²) in [5, 5.41) is 2.65. The second-order valence-corrected chi connectivity index (χ2v) is 4.73. The fourth-order valence-electron chi connectivity index (χ4n) is 2.13. The van der Waals surface area contributed by atoms with Crippen LogP contribution in [0.2, 0.25) is 0 Å². The molecule has 20 heavy (non-hydrogen) atoms. The van der Waals surface area contributed by atoms with Crippen LogP contribution in [0.1, 0.15) is 19.3 Å². The number of halogens is 3. The molecule has 116 valence electrons. The highest BCUT2D eigenvalue weighted by molar-refractivity contribution is 5.84. The molecule has 0 radical (unpaired) electrons. The van der Waals surface area contributed by atoms with Crippen LogP contribution in [0.4, 0.5) is 13.2 Å². The molecule has 1 rings (SSSR count). The Bertz CT molecular complexity index is 347. The predicted octanol–water partition coefficient (Wildman–Crippen LogP) is 0.940. The van der Waals surface area contributed by atoms with Crippen molar-refractivity contribution in [2.75, 3.05) is 33.4 Å². The molecule has 1 aliphatic rings. The zero-order valence-electron chi connectivity index (χ0n) is 11.3. The molecule has 1 aliphatic heterocycles. The van der Waals surface area contributed by atoms with Crippen molar-refractivity contribution in [1.82, 2.24) is 10.2 Å². The maximum absolute atomic E-state index is 12.3. The van der Waals surface area contributed by atoms with E-state index in [1.165, 1.54) is 0 Å². The number of alkyl halides is 3. The molecule has 0 aromatic rings. The quantitative estimate of drug-likeness (QED) is 0.768. The predicted molar refractivity (Wildman–Crippen MR) is 64.9 cm³/mol. The van der Waals surface area contributed by atoms with E-state index in [1.807, 2.05) is 0 Å². The molecule has 2 amide bonds. The fraction of sp³-hybridized carbons (Fsp3) is 0.833. The van der Waals surface area contributed by atoms with Gasteiger partial charge in [-0.1, -0.05) is 0 Å². The van der Waals surface area contributed by atoms with Crippen LogP contribution in [0.5, 0.6) is 0 Å². The van der Waals surface area contributed by atoms with Crippen LogP contribution in [0.15, 0.2) is 0 Å². The molecule has 0 aromatic carbocycles. The average Bonchev–Trinajstić information content (AvgIpc) is 2.41. The molecule has 1 fully saturated rings. The number of amides is 2. The van der Waals surface area contributed by atoms with Crippen LogP contribution in [0, 0.1) is 5.92 Å². The number of nitrogens with one attached hydrogen (secondary N) is 1. The van der Waals surface area contributed by atoms with Gasteiger partial charge in [0.1, 0.15) is 0 Å². The van der Waals surface area contributed by atoms with Crippen LogP contribution < -0.4 is 5.32 Å². The summed E-state index contributed by atoms with van der Waals surface area (Å²) in [6.07, 6.45) is -3.34. The van der Waals surface area contributed by atoms with Crippen LogP contribution in [0.3, 0.4) is 0 Å². The van der Waals surface area contributed by atoms with Crippen molar-refractivity contribution in [2.24, 2.45) is 5.92 Å². The SMILES string of the molecule is COCCCNC(=O)C1CCCN(C(=O)C(F)(F)F)C1. The van der Waals surface area contributed by atoms with Gasteiger partial charge in [-0.25, -0.2) is 0 Å². The van der Waals surface area contributed by atoms with Gasteiger partial charge in [-0.05, 0) is 19.3 Å². The monoisotopic (exact) mass is 296 g/mol. The second kappa shape index (κ2) is 7.47. The van der Waals surface area contributed by atoms with E-state index in [2.05, 4.69) is 5.32 Å². The summed E-state index contributed by atoms with van der Waals surface area (Å²) < 4.78 is 41.9. The zero-order chi connectivity index (χ0) is 15.2. The van der Waals surface area contributed by atoms with E-state index in [-0.39, 0.29) is 19.0 Å². The number of methoxy groups -OCH3 is 1. The van der Waals surface area contributed by atoms with E-state index in [0.717, 1.165) is 0 Å². The maximum Gasteiger partial charge on any atom is 0.471 e. The molecular formula is C12H19F3N2O3. The van der Waals surface area contributed by atoms with Gasteiger partial charge in [0.05, 0.1) is 5.92 Å². The first-order chi connectivity index (χ1) is 9.36. The zero-order valence-corrected chi connectivity index (χ0v) is 11.3. The van der Waals surface area contributed by atoms with Gasteiger partial charge in [0, 0.05) is 33.4 Å². The van der Waals surface area contributed by atoms with Crippen LogP contribution >= 0.6 is 0 Å². The number of likely N-dealkylation sites (tertiary alicyclic amines) is 1. The number of piperidine rings is 1. The minimum absolute atomic E-state index is 0.0474. The van der Waals surface area contributed by atoms with Crippen LogP contribution in [0.25, 0.3) is 0 Å². The van der Waals surface area contributed by atoms with E-state index in [0.29, 0.717) is 37.3 Å². The van der Waals surface area contributed by atoms with Crippen molar-refractivity contribution in [3.63, 3.8) is 0 Å². The van der Waals surface area contributed by atoms with Crippen molar-refractivity contribution in [1.29, 1.82) is 0 Å². The topological polar surface area (TPSA) is 58.6 Å².